The quantitative estimate of drug-likeness (QED) is 0.777. The molecule has 0 fully saturated rings. The second kappa shape index (κ2) is 4.96. The van der Waals surface area contributed by atoms with Crippen LogP contribution in [0.15, 0.2) is 24.3 Å². The summed E-state index contributed by atoms with van der Waals surface area (Å²) in [5, 5.41) is 9.55. The van der Waals surface area contributed by atoms with Crippen LogP contribution in [0, 0.1) is 0 Å². The summed E-state index contributed by atoms with van der Waals surface area (Å²) in [5.74, 6) is -0.156. The number of aromatic hydroxyl groups is 1. The largest absolute Gasteiger partial charge is 0.508 e. The lowest BCUT2D eigenvalue weighted by molar-refractivity contribution is 0.291. The van der Waals surface area contributed by atoms with Crippen LogP contribution >= 0.6 is 0 Å². The van der Waals surface area contributed by atoms with E-state index >= 15 is 0 Å². The maximum Gasteiger partial charge on any atom is 0.119 e. The Kier molecular flexibility index (Phi) is 3.89. The van der Waals surface area contributed by atoms with Crippen LogP contribution < -0.4 is 5.73 Å². The summed E-state index contributed by atoms with van der Waals surface area (Å²) in [6, 6.07) is 6.83. The van der Waals surface area contributed by atoms with Gasteiger partial charge in [0.1, 0.15) is 11.9 Å². The number of para-hydroxylation sites is 1. The van der Waals surface area contributed by atoms with E-state index in [1.165, 1.54) is 6.92 Å². The predicted octanol–water partition coefficient (Wildman–Crippen LogP) is 2.18. The monoisotopic (exact) mass is 197 g/mol. The average molecular weight is 197 g/mol. The summed E-state index contributed by atoms with van der Waals surface area (Å²) in [7, 11) is 0. The molecule has 78 valence electrons. The van der Waals surface area contributed by atoms with Gasteiger partial charge >= 0.3 is 0 Å². The molecule has 3 heteroatoms. The zero-order valence-corrected chi connectivity index (χ0v) is 8.28. The highest BCUT2D eigenvalue weighted by atomic mass is 19.1. The number of alkyl halides is 1. The van der Waals surface area contributed by atoms with E-state index in [0.29, 0.717) is 18.5 Å². The summed E-state index contributed by atoms with van der Waals surface area (Å²) in [4.78, 5) is 0. The van der Waals surface area contributed by atoms with Gasteiger partial charge in [-0.05, 0) is 31.5 Å². The SMILES string of the molecule is CC(F)C(CCN)c1ccccc1O. The molecule has 0 amide bonds. The molecule has 3 N–H and O–H groups in total. The summed E-state index contributed by atoms with van der Waals surface area (Å²) in [6.45, 7) is 1.92. The van der Waals surface area contributed by atoms with Crippen LogP contribution in [-0.4, -0.2) is 17.8 Å². The van der Waals surface area contributed by atoms with Crippen molar-refractivity contribution < 1.29 is 9.50 Å². The maximum absolute atomic E-state index is 13.3. The van der Waals surface area contributed by atoms with Crippen LogP contribution in [0.5, 0.6) is 5.75 Å². The standard InChI is InChI=1S/C11H16FNO/c1-8(12)9(6-7-13)10-4-2-3-5-11(10)14/h2-5,8-9,14H,6-7,13H2,1H3. The van der Waals surface area contributed by atoms with Gasteiger partial charge in [-0.3, -0.25) is 0 Å². The molecule has 1 rings (SSSR count). The highest BCUT2D eigenvalue weighted by Crippen LogP contribution is 2.31. The van der Waals surface area contributed by atoms with Crippen molar-refractivity contribution >= 4 is 0 Å². The minimum absolute atomic E-state index is 0.149. The number of nitrogens with two attached hydrogens (primary N) is 1. The van der Waals surface area contributed by atoms with Crippen LogP contribution in [0.4, 0.5) is 4.39 Å². The topological polar surface area (TPSA) is 46.2 Å². The first-order chi connectivity index (χ1) is 6.66. The molecule has 0 aliphatic heterocycles. The molecular formula is C11H16FNO. The molecule has 0 bridgehead atoms. The third-order valence-corrected chi connectivity index (χ3v) is 2.37. The molecule has 2 unspecified atom stereocenters. The highest BCUT2D eigenvalue weighted by molar-refractivity contribution is 5.35. The van der Waals surface area contributed by atoms with E-state index in [0.717, 1.165) is 0 Å². The van der Waals surface area contributed by atoms with Gasteiger partial charge < -0.3 is 10.8 Å². The lowest BCUT2D eigenvalue weighted by Crippen LogP contribution is -2.15. The van der Waals surface area contributed by atoms with Crippen LogP contribution in [0.2, 0.25) is 0 Å². The van der Waals surface area contributed by atoms with E-state index in [1.807, 2.05) is 0 Å². The molecule has 2 nitrogen and oxygen atoms in total. The normalized spacial score (nSPS) is 15.1. The second-order valence-electron chi connectivity index (χ2n) is 3.42. The fourth-order valence-corrected chi connectivity index (χ4v) is 1.61. The number of phenols is 1. The van der Waals surface area contributed by atoms with Gasteiger partial charge in [-0.1, -0.05) is 18.2 Å². The predicted molar refractivity (Wildman–Crippen MR) is 55.1 cm³/mol. The number of hydrogen-bond donors (Lipinski definition) is 2. The third kappa shape index (κ3) is 2.45. The lowest BCUT2D eigenvalue weighted by Gasteiger charge is -2.18. The minimum Gasteiger partial charge on any atom is -0.508 e. The first-order valence-corrected chi connectivity index (χ1v) is 4.79. The van der Waals surface area contributed by atoms with Gasteiger partial charge in [0.2, 0.25) is 0 Å². The molecule has 0 saturated carbocycles. The number of rotatable bonds is 4. The Morgan fingerprint density at radius 2 is 2.07 bits per heavy atom. The number of phenolic OH excluding ortho intramolecular Hbond substituents is 1. The van der Waals surface area contributed by atoms with Crippen molar-refractivity contribution in [1.82, 2.24) is 0 Å². The number of benzene rings is 1. The van der Waals surface area contributed by atoms with Crippen LogP contribution in [0.25, 0.3) is 0 Å². The molecule has 0 heterocycles. The first-order valence-electron chi connectivity index (χ1n) is 4.79. The van der Waals surface area contributed by atoms with Crippen molar-refractivity contribution in [2.45, 2.75) is 25.4 Å². The fraction of sp³-hybridized carbons (Fsp3) is 0.455. The Hall–Kier alpha value is -1.09. The molecule has 1 aromatic carbocycles. The molecule has 0 radical (unpaired) electrons. The van der Waals surface area contributed by atoms with Gasteiger partial charge in [0.15, 0.2) is 0 Å². The summed E-state index contributed by atoms with van der Waals surface area (Å²) in [5.41, 5.74) is 6.05. The van der Waals surface area contributed by atoms with Gasteiger partial charge in [-0.15, -0.1) is 0 Å². The molecule has 0 aromatic heterocycles. The smallest absolute Gasteiger partial charge is 0.119 e. The van der Waals surface area contributed by atoms with Crippen LogP contribution in [0.3, 0.4) is 0 Å². The van der Waals surface area contributed by atoms with Gasteiger partial charge in [0.05, 0.1) is 0 Å². The first kappa shape index (κ1) is 11.0. The van der Waals surface area contributed by atoms with Crippen LogP contribution in [-0.2, 0) is 0 Å². The summed E-state index contributed by atoms with van der Waals surface area (Å²) in [6.07, 6.45) is -0.443. The summed E-state index contributed by atoms with van der Waals surface area (Å²) < 4.78 is 13.3. The van der Waals surface area contributed by atoms with Crippen molar-refractivity contribution in [3.05, 3.63) is 29.8 Å². The molecule has 2 atom stereocenters. The Bertz CT molecular complexity index is 288. The van der Waals surface area contributed by atoms with Gasteiger partial charge in [-0.2, -0.15) is 0 Å². The molecular weight excluding hydrogens is 181 g/mol. The third-order valence-electron chi connectivity index (χ3n) is 2.37. The zero-order chi connectivity index (χ0) is 10.6. The molecule has 1 aromatic rings. The average Bonchev–Trinajstić information content (AvgIpc) is 2.15. The Labute approximate surface area is 83.6 Å². The number of hydrogen-bond acceptors (Lipinski definition) is 2. The Morgan fingerprint density at radius 1 is 1.43 bits per heavy atom. The van der Waals surface area contributed by atoms with E-state index in [2.05, 4.69) is 0 Å². The van der Waals surface area contributed by atoms with Crippen molar-refractivity contribution in [2.24, 2.45) is 5.73 Å². The van der Waals surface area contributed by atoms with Crippen molar-refractivity contribution in [3.63, 3.8) is 0 Å². The molecule has 14 heavy (non-hydrogen) atoms. The second-order valence-corrected chi connectivity index (χ2v) is 3.42. The molecule has 0 saturated heterocycles. The molecule has 0 aliphatic carbocycles. The minimum atomic E-state index is -0.994. The van der Waals surface area contributed by atoms with Crippen molar-refractivity contribution in [3.8, 4) is 5.75 Å². The summed E-state index contributed by atoms with van der Waals surface area (Å²) >= 11 is 0. The van der Waals surface area contributed by atoms with Gasteiger partial charge in [0, 0.05) is 5.92 Å². The van der Waals surface area contributed by atoms with Gasteiger partial charge in [-0.25, -0.2) is 4.39 Å². The van der Waals surface area contributed by atoms with Crippen molar-refractivity contribution in [1.29, 1.82) is 0 Å². The number of halogens is 1. The molecule has 0 spiro atoms. The van der Waals surface area contributed by atoms with Crippen molar-refractivity contribution in [2.75, 3.05) is 6.54 Å². The van der Waals surface area contributed by atoms with Crippen LogP contribution in [0.1, 0.15) is 24.8 Å². The van der Waals surface area contributed by atoms with E-state index < -0.39 is 6.17 Å². The van der Waals surface area contributed by atoms with E-state index in [9.17, 15) is 9.50 Å². The van der Waals surface area contributed by atoms with E-state index in [4.69, 9.17) is 5.73 Å². The highest BCUT2D eigenvalue weighted by Gasteiger charge is 2.20. The lowest BCUT2D eigenvalue weighted by atomic mass is 9.91. The fourth-order valence-electron chi connectivity index (χ4n) is 1.61. The van der Waals surface area contributed by atoms with E-state index in [-0.39, 0.29) is 11.7 Å². The van der Waals surface area contributed by atoms with Gasteiger partial charge in [0.25, 0.3) is 0 Å². The molecule has 0 aliphatic rings. The Balaban J connectivity index is 2.93. The zero-order valence-electron chi connectivity index (χ0n) is 8.28. The van der Waals surface area contributed by atoms with E-state index in [1.54, 1.807) is 24.3 Å². The maximum atomic E-state index is 13.3. The Morgan fingerprint density at radius 3 is 2.57 bits per heavy atom.